The number of benzene rings is 1. The summed E-state index contributed by atoms with van der Waals surface area (Å²) >= 11 is 0. The summed E-state index contributed by atoms with van der Waals surface area (Å²) in [5.41, 5.74) is 8.41. The summed E-state index contributed by atoms with van der Waals surface area (Å²) in [7, 11) is 1.70. The first-order chi connectivity index (χ1) is 16.5. The van der Waals surface area contributed by atoms with Crippen LogP contribution in [0.4, 0.5) is 5.82 Å². The summed E-state index contributed by atoms with van der Waals surface area (Å²) in [5, 5.41) is 7.91. The number of aryl methyl sites for hydroxylation is 2. The summed E-state index contributed by atoms with van der Waals surface area (Å²) in [6.45, 7) is 6.25. The first-order valence-electron chi connectivity index (χ1n) is 11.9. The van der Waals surface area contributed by atoms with E-state index in [1.54, 1.807) is 25.1 Å². The van der Waals surface area contributed by atoms with Gasteiger partial charge in [0, 0.05) is 29.2 Å². The van der Waals surface area contributed by atoms with E-state index >= 15 is 0 Å². The van der Waals surface area contributed by atoms with Crippen LogP contribution < -0.4 is 10.1 Å². The third-order valence-corrected chi connectivity index (χ3v) is 7.26. The number of imidazole rings is 1. The van der Waals surface area contributed by atoms with Crippen LogP contribution in [0.5, 0.6) is 5.75 Å². The van der Waals surface area contributed by atoms with Gasteiger partial charge in [-0.25, -0.2) is 4.98 Å². The molecule has 1 saturated carbocycles. The highest BCUT2D eigenvalue weighted by molar-refractivity contribution is 5.84. The lowest BCUT2D eigenvalue weighted by Gasteiger charge is -2.21. The van der Waals surface area contributed by atoms with Crippen LogP contribution in [0.3, 0.4) is 0 Å². The second-order valence-corrected chi connectivity index (χ2v) is 9.75. The Morgan fingerprint density at radius 2 is 2.06 bits per heavy atom. The molecule has 7 nitrogen and oxygen atoms in total. The average molecular weight is 456 g/mol. The van der Waals surface area contributed by atoms with Gasteiger partial charge in [0.25, 0.3) is 0 Å². The van der Waals surface area contributed by atoms with E-state index in [2.05, 4.69) is 38.9 Å². The van der Waals surface area contributed by atoms with Gasteiger partial charge in [0.05, 0.1) is 19.0 Å². The highest BCUT2D eigenvalue weighted by Crippen LogP contribution is 2.46. The van der Waals surface area contributed by atoms with Crippen LogP contribution in [-0.2, 0) is 0 Å². The van der Waals surface area contributed by atoms with Crippen LogP contribution in [0.25, 0.3) is 28.0 Å². The maximum atomic E-state index is 5.87. The van der Waals surface area contributed by atoms with Crippen LogP contribution in [0, 0.1) is 25.7 Å². The zero-order chi connectivity index (χ0) is 23.4. The summed E-state index contributed by atoms with van der Waals surface area (Å²) in [4.78, 5) is 9.26. The van der Waals surface area contributed by atoms with Crippen molar-refractivity contribution in [2.45, 2.75) is 46.5 Å². The van der Waals surface area contributed by atoms with Gasteiger partial charge in [-0.05, 0) is 69.1 Å². The third kappa shape index (κ3) is 3.38. The first kappa shape index (κ1) is 21.0. The highest BCUT2D eigenvalue weighted by Gasteiger charge is 2.32. The van der Waals surface area contributed by atoms with Gasteiger partial charge >= 0.3 is 0 Å². The molecule has 6 rings (SSSR count). The van der Waals surface area contributed by atoms with E-state index in [9.17, 15) is 0 Å². The van der Waals surface area contributed by atoms with E-state index in [0.717, 1.165) is 69.3 Å². The van der Waals surface area contributed by atoms with E-state index < -0.39 is 0 Å². The number of allylic oxidation sites excluding steroid dienone is 2. The zero-order valence-corrected chi connectivity index (χ0v) is 20.1. The van der Waals surface area contributed by atoms with Gasteiger partial charge in [0.15, 0.2) is 5.65 Å². The normalized spacial score (nSPS) is 19.8. The minimum atomic E-state index is 0.758. The van der Waals surface area contributed by atoms with Crippen molar-refractivity contribution in [1.29, 1.82) is 0 Å². The Labute approximate surface area is 198 Å². The monoisotopic (exact) mass is 455 g/mol. The number of ether oxygens (including phenoxy) is 1. The molecule has 2 bridgehead atoms. The molecule has 1 aromatic carbocycles. The standard InChI is InChI=1S/C27H29N5O2/c1-15-9-18-11-20(10-15)22(12-18)29-27-26(30-24-14-28-7-8-32(24)27)21-6-5-19(13-23(21)33-4)25-16(2)31-34-17(25)3/h5-8,13-15,18,29H,9-12H2,1-4H3. The van der Waals surface area contributed by atoms with E-state index in [4.69, 9.17) is 14.2 Å². The Bertz CT molecular complexity index is 1410. The molecule has 2 aliphatic carbocycles. The summed E-state index contributed by atoms with van der Waals surface area (Å²) in [6.07, 6.45) is 10.4. The maximum Gasteiger partial charge on any atom is 0.157 e. The van der Waals surface area contributed by atoms with Crippen LogP contribution in [0.2, 0.25) is 0 Å². The molecule has 0 aliphatic heterocycles. The fourth-order valence-electron chi connectivity index (χ4n) is 5.86. The summed E-state index contributed by atoms with van der Waals surface area (Å²) in [5.74, 6) is 4.03. The number of nitrogens with zero attached hydrogens (tertiary/aromatic N) is 4. The average Bonchev–Trinajstić information content (AvgIpc) is 3.46. The van der Waals surface area contributed by atoms with Crippen molar-refractivity contribution < 1.29 is 9.26 Å². The van der Waals surface area contributed by atoms with Gasteiger partial charge in [-0.2, -0.15) is 0 Å². The fraction of sp³-hybridized carbons (Fsp3) is 0.370. The van der Waals surface area contributed by atoms with E-state index in [-0.39, 0.29) is 0 Å². The van der Waals surface area contributed by atoms with Gasteiger partial charge in [-0.1, -0.05) is 23.7 Å². The van der Waals surface area contributed by atoms with Crippen molar-refractivity contribution in [2.75, 3.05) is 12.4 Å². The predicted octanol–water partition coefficient (Wildman–Crippen LogP) is 6.18. The number of hydrogen-bond acceptors (Lipinski definition) is 6. The topological polar surface area (TPSA) is 77.5 Å². The molecule has 1 N–H and O–H groups in total. The molecule has 7 heteroatoms. The molecular weight excluding hydrogens is 426 g/mol. The lowest BCUT2D eigenvalue weighted by Crippen LogP contribution is -2.09. The van der Waals surface area contributed by atoms with Crippen molar-refractivity contribution in [1.82, 2.24) is 19.5 Å². The quantitative estimate of drug-likeness (QED) is 0.387. The Balaban J connectivity index is 1.47. The molecule has 1 fully saturated rings. The smallest absolute Gasteiger partial charge is 0.157 e. The third-order valence-electron chi connectivity index (χ3n) is 7.26. The number of rotatable bonds is 5. The largest absolute Gasteiger partial charge is 0.496 e. The van der Waals surface area contributed by atoms with Gasteiger partial charge in [0.2, 0.25) is 0 Å². The summed E-state index contributed by atoms with van der Waals surface area (Å²) in [6, 6.07) is 6.20. The molecule has 2 unspecified atom stereocenters. The Kier molecular flexibility index (Phi) is 4.94. The maximum absolute atomic E-state index is 5.87. The SMILES string of the molecule is COc1cc(-c2c(C)noc2C)ccc1-c1nc2cnccn2c1NC1=C2CC(C)CC(C2)C1. The minimum Gasteiger partial charge on any atom is -0.496 e. The predicted molar refractivity (Wildman–Crippen MR) is 132 cm³/mol. The molecule has 3 heterocycles. The number of hydrogen-bond donors (Lipinski definition) is 1. The minimum absolute atomic E-state index is 0.758. The summed E-state index contributed by atoms with van der Waals surface area (Å²) < 4.78 is 13.3. The van der Waals surface area contributed by atoms with Crippen molar-refractivity contribution in [3.63, 3.8) is 0 Å². The molecular formula is C27H29N5O2. The lowest BCUT2D eigenvalue weighted by molar-refractivity contribution is 0.363. The molecule has 0 radical (unpaired) electrons. The molecule has 174 valence electrons. The van der Waals surface area contributed by atoms with Crippen LogP contribution in [0.15, 0.2) is 52.6 Å². The van der Waals surface area contributed by atoms with E-state index in [1.165, 1.54) is 25.0 Å². The van der Waals surface area contributed by atoms with Gasteiger partial charge in [0.1, 0.15) is 23.0 Å². The van der Waals surface area contributed by atoms with Crippen molar-refractivity contribution >= 4 is 11.5 Å². The molecule has 0 saturated heterocycles. The fourth-order valence-corrected chi connectivity index (χ4v) is 5.86. The van der Waals surface area contributed by atoms with Crippen molar-refractivity contribution in [3.05, 3.63) is 59.5 Å². The van der Waals surface area contributed by atoms with Gasteiger partial charge in [-0.15, -0.1) is 0 Å². The van der Waals surface area contributed by atoms with E-state index in [1.807, 2.05) is 26.1 Å². The van der Waals surface area contributed by atoms with Crippen LogP contribution >= 0.6 is 0 Å². The Morgan fingerprint density at radius 3 is 2.85 bits per heavy atom. The zero-order valence-electron chi connectivity index (χ0n) is 20.1. The van der Waals surface area contributed by atoms with Crippen molar-refractivity contribution in [2.24, 2.45) is 11.8 Å². The van der Waals surface area contributed by atoms with Crippen LogP contribution in [-0.4, -0.2) is 26.6 Å². The lowest BCUT2D eigenvalue weighted by atomic mass is 9.84. The Hall–Kier alpha value is -3.61. The number of nitrogens with one attached hydrogen (secondary N) is 1. The number of aromatic nitrogens is 4. The molecule has 34 heavy (non-hydrogen) atoms. The van der Waals surface area contributed by atoms with Gasteiger partial charge < -0.3 is 14.6 Å². The first-order valence-corrected chi connectivity index (χ1v) is 11.9. The molecule has 4 aromatic rings. The van der Waals surface area contributed by atoms with E-state index in [0.29, 0.717) is 0 Å². The highest BCUT2D eigenvalue weighted by atomic mass is 16.5. The molecule has 0 amide bonds. The van der Waals surface area contributed by atoms with Gasteiger partial charge in [-0.3, -0.25) is 9.38 Å². The molecule has 0 spiro atoms. The second-order valence-electron chi connectivity index (χ2n) is 9.75. The number of methoxy groups -OCH3 is 1. The van der Waals surface area contributed by atoms with Crippen molar-refractivity contribution in [3.8, 4) is 28.1 Å². The number of anilines is 1. The second kappa shape index (κ2) is 8.01. The number of fused-ring (bicyclic) bond motifs is 3. The molecule has 2 atom stereocenters. The Morgan fingerprint density at radius 1 is 1.18 bits per heavy atom. The molecule has 2 aliphatic rings. The van der Waals surface area contributed by atoms with Crippen LogP contribution in [0.1, 0.15) is 44.1 Å². The molecule has 3 aromatic heterocycles.